The van der Waals surface area contributed by atoms with E-state index in [-0.39, 0.29) is 29.2 Å². The molecule has 4 N–H and O–H groups in total. The molecule has 1 saturated carbocycles. The van der Waals surface area contributed by atoms with Gasteiger partial charge in [-0.15, -0.1) is 0 Å². The average Bonchev–Trinajstić information content (AvgIpc) is 3.62. The van der Waals surface area contributed by atoms with Crippen LogP contribution < -0.4 is 20.5 Å². The Morgan fingerprint density at radius 2 is 2.00 bits per heavy atom. The molecule has 2 atom stereocenters. The SMILES string of the molecule is COc1cc(C(=O)NC[C@](C)(O)c2cc3c(c(-c4ccc(F)cc4)n2)OCC3(F)C(N)=O)cc2cn(C3CC3)nc12. The number of carbonyl (C=O) groups excluding carboxylic acids is 2. The number of rotatable bonds is 8. The second-order valence-corrected chi connectivity index (χ2v) is 10.6. The third-order valence-electron chi connectivity index (χ3n) is 7.46. The maximum atomic E-state index is 15.7. The van der Waals surface area contributed by atoms with Crippen LogP contribution in [0.1, 0.15) is 47.4 Å². The molecular weight excluding hydrogens is 536 g/mol. The van der Waals surface area contributed by atoms with Crippen molar-refractivity contribution in [2.75, 3.05) is 20.3 Å². The maximum absolute atomic E-state index is 15.7. The Kier molecular flexibility index (Phi) is 6.18. The molecule has 2 amide bonds. The lowest BCUT2D eigenvalue weighted by molar-refractivity contribution is -0.130. The molecule has 10 nitrogen and oxygen atoms in total. The Morgan fingerprint density at radius 3 is 2.66 bits per heavy atom. The van der Waals surface area contributed by atoms with Crippen molar-refractivity contribution in [3.63, 3.8) is 0 Å². The summed E-state index contributed by atoms with van der Waals surface area (Å²) in [5, 5.41) is 19.4. The highest BCUT2D eigenvalue weighted by atomic mass is 19.1. The lowest BCUT2D eigenvalue weighted by Gasteiger charge is -2.25. The van der Waals surface area contributed by atoms with Crippen LogP contribution in [0.15, 0.2) is 48.7 Å². The molecule has 2 aliphatic rings. The first-order valence-corrected chi connectivity index (χ1v) is 13.0. The number of fused-ring (bicyclic) bond motifs is 2. The van der Waals surface area contributed by atoms with Crippen LogP contribution in [0.3, 0.4) is 0 Å². The number of nitrogens with zero attached hydrogens (tertiary/aromatic N) is 3. The minimum absolute atomic E-state index is 0.0337. The van der Waals surface area contributed by atoms with Crippen LogP contribution in [0.5, 0.6) is 11.5 Å². The molecule has 1 aliphatic heterocycles. The van der Waals surface area contributed by atoms with Gasteiger partial charge in [0, 0.05) is 28.3 Å². The number of benzene rings is 2. The van der Waals surface area contributed by atoms with Gasteiger partial charge in [-0.2, -0.15) is 5.10 Å². The number of primary amides is 1. The number of methoxy groups -OCH3 is 1. The standard InChI is InChI=1S/C29H27F2N5O5/c1-28(39,13-33-26(37)16-9-17-12-36(19-7-8-19)35-23(17)21(10-16)40-2)22-11-20-25(41-14-29(20,31)27(32)38)24(34-22)15-3-5-18(30)6-4-15/h3-6,9-12,19,39H,7-8,13-14H2,1-2H3,(H2,32,38)(H,33,37)/t28-,29?/m0/s1. The van der Waals surface area contributed by atoms with Crippen molar-refractivity contribution in [1.82, 2.24) is 20.1 Å². The van der Waals surface area contributed by atoms with E-state index in [1.807, 2.05) is 10.9 Å². The number of aromatic nitrogens is 3. The van der Waals surface area contributed by atoms with Gasteiger partial charge in [0.2, 0.25) is 0 Å². The normalized spacial score (nSPS) is 19.3. The lowest BCUT2D eigenvalue weighted by atomic mass is 9.91. The van der Waals surface area contributed by atoms with E-state index in [1.54, 1.807) is 12.1 Å². The zero-order chi connectivity index (χ0) is 29.1. The zero-order valence-electron chi connectivity index (χ0n) is 22.3. The van der Waals surface area contributed by atoms with Gasteiger partial charge in [0.15, 0.2) is 5.75 Å². The number of hydrogen-bond acceptors (Lipinski definition) is 7. The Hall–Kier alpha value is -4.58. The number of carbonyl (C=O) groups is 2. The van der Waals surface area contributed by atoms with Gasteiger partial charge in [0.25, 0.3) is 17.5 Å². The molecule has 0 radical (unpaired) electrons. The van der Waals surface area contributed by atoms with Crippen molar-refractivity contribution >= 4 is 22.7 Å². The van der Waals surface area contributed by atoms with Crippen molar-refractivity contribution in [2.24, 2.45) is 5.73 Å². The summed E-state index contributed by atoms with van der Waals surface area (Å²) in [4.78, 5) is 29.7. The molecule has 0 spiro atoms. The highest BCUT2D eigenvalue weighted by molar-refractivity contribution is 6.00. The second kappa shape index (κ2) is 9.51. The van der Waals surface area contributed by atoms with Crippen molar-refractivity contribution in [3.05, 3.63) is 71.3 Å². The average molecular weight is 564 g/mol. The van der Waals surface area contributed by atoms with Gasteiger partial charge in [-0.25, -0.2) is 13.8 Å². The van der Waals surface area contributed by atoms with Crippen LogP contribution in [0.2, 0.25) is 0 Å². The van der Waals surface area contributed by atoms with Gasteiger partial charge >= 0.3 is 0 Å². The number of hydrogen-bond donors (Lipinski definition) is 3. The summed E-state index contributed by atoms with van der Waals surface area (Å²) in [6, 6.07) is 10.0. The highest BCUT2D eigenvalue weighted by Gasteiger charge is 2.49. The van der Waals surface area contributed by atoms with Crippen LogP contribution in [0, 0.1) is 5.82 Å². The predicted molar refractivity (Wildman–Crippen MR) is 144 cm³/mol. The monoisotopic (exact) mass is 563 g/mol. The van der Waals surface area contributed by atoms with Crippen molar-refractivity contribution in [2.45, 2.75) is 37.1 Å². The fourth-order valence-electron chi connectivity index (χ4n) is 4.89. The molecule has 0 bridgehead atoms. The maximum Gasteiger partial charge on any atom is 0.263 e. The largest absolute Gasteiger partial charge is 0.494 e. The molecule has 212 valence electrons. The second-order valence-electron chi connectivity index (χ2n) is 10.6. The topological polar surface area (TPSA) is 142 Å². The lowest BCUT2D eigenvalue weighted by Crippen LogP contribution is -2.40. The number of pyridine rings is 1. The number of ether oxygens (including phenoxy) is 2. The Morgan fingerprint density at radius 1 is 1.27 bits per heavy atom. The van der Waals surface area contributed by atoms with E-state index in [1.165, 1.54) is 44.4 Å². The summed E-state index contributed by atoms with van der Waals surface area (Å²) in [5.41, 5.74) is 2.00. The first-order chi connectivity index (χ1) is 19.5. The molecular formula is C29H27F2N5O5. The molecule has 1 unspecified atom stereocenters. The van der Waals surface area contributed by atoms with Crippen molar-refractivity contribution in [3.8, 4) is 22.8 Å². The fraction of sp³-hybridized carbons (Fsp3) is 0.310. The van der Waals surface area contributed by atoms with E-state index in [0.717, 1.165) is 18.2 Å². The first kappa shape index (κ1) is 26.6. The van der Waals surface area contributed by atoms with Crippen molar-refractivity contribution < 1.29 is 33.0 Å². The Labute approximate surface area is 233 Å². The number of nitrogens with two attached hydrogens (primary N) is 1. The first-order valence-electron chi connectivity index (χ1n) is 13.0. The smallest absolute Gasteiger partial charge is 0.263 e. The van der Waals surface area contributed by atoms with E-state index in [0.29, 0.717) is 28.4 Å². The number of alkyl halides is 1. The van der Waals surface area contributed by atoms with Gasteiger partial charge in [-0.3, -0.25) is 14.3 Å². The number of aliphatic hydroxyl groups is 1. The van der Waals surface area contributed by atoms with Gasteiger partial charge in [-0.05, 0) is 62.2 Å². The van der Waals surface area contributed by atoms with Crippen LogP contribution in [-0.4, -0.2) is 51.9 Å². The molecule has 41 heavy (non-hydrogen) atoms. The molecule has 6 rings (SSSR count). The summed E-state index contributed by atoms with van der Waals surface area (Å²) in [5.74, 6) is -1.85. The van der Waals surface area contributed by atoms with Crippen LogP contribution in [-0.2, 0) is 16.1 Å². The molecule has 2 aromatic carbocycles. The number of nitrogens with one attached hydrogen (secondary N) is 1. The summed E-state index contributed by atoms with van der Waals surface area (Å²) in [6.07, 6.45) is 3.97. The van der Waals surface area contributed by atoms with Gasteiger partial charge < -0.3 is 25.6 Å². The molecule has 12 heteroatoms. The highest BCUT2D eigenvalue weighted by Crippen LogP contribution is 2.46. The van der Waals surface area contributed by atoms with E-state index >= 15 is 4.39 Å². The van der Waals surface area contributed by atoms with Crippen LogP contribution >= 0.6 is 0 Å². The molecule has 1 fully saturated rings. The summed E-state index contributed by atoms with van der Waals surface area (Å²) >= 11 is 0. The predicted octanol–water partition coefficient (Wildman–Crippen LogP) is 3.26. The molecule has 0 saturated heterocycles. The summed E-state index contributed by atoms with van der Waals surface area (Å²) < 4.78 is 42.1. The Bertz CT molecular complexity index is 1700. The Balaban J connectivity index is 1.32. The third kappa shape index (κ3) is 4.63. The fourth-order valence-corrected chi connectivity index (χ4v) is 4.89. The third-order valence-corrected chi connectivity index (χ3v) is 7.46. The zero-order valence-corrected chi connectivity index (χ0v) is 22.3. The van der Waals surface area contributed by atoms with E-state index in [9.17, 15) is 19.1 Å². The van der Waals surface area contributed by atoms with E-state index < -0.39 is 35.5 Å². The number of halogens is 2. The quantitative estimate of drug-likeness (QED) is 0.299. The van der Waals surface area contributed by atoms with Gasteiger partial charge in [0.05, 0.1) is 25.4 Å². The summed E-state index contributed by atoms with van der Waals surface area (Å²) in [7, 11) is 1.50. The van der Waals surface area contributed by atoms with E-state index in [2.05, 4.69) is 15.4 Å². The van der Waals surface area contributed by atoms with Crippen molar-refractivity contribution in [1.29, 1.82) is 0 Å². The minimum Gasteiger partial charge on any atom is -0.494 e. The number of amides is 2. The van der Waals surface area contributed by atoms with Crippen LogP contribution in [0.25, 0.3) is 22.2 Å². The van der Waals surface area contributed by atoms with Gasteiger partial charge in [-0.1, -0.05) is 0 Å². The van der Waals surface area contributed by atoms with Gasteiger partial charge in [0.1, 0.15) is 35.0 Å². The van der Waals surface area contributed by atoms with Crippen LogP contribution in [0.4, 0.5) is 8.78 Å². The molecule has 3 heterocycles. The molecule has 4 aromatic rings. The summed E-state index contributed by atoms with van der Waals surface area (Å²) in [6.45, 7) is 0.399. The minimum atomic E-state index is -2.67. The molecule has 1 aliphatic carbocycles. The molecule has 2 aromatic heterocycles. The van der Waals surface area contributed by atoms with E-state index in [4.69, 9.17) is 15.2 Å².